The van der Waals surface area contributed by atoms with Crippen LogP contribution in [0.25, 0.3) is 39.5 Å². The van der Waals surface area contributed by atoms with E-state index in [0.717, 1.165) is 44.8 Å². The fourth-order valence-corrected chi connectivity index (χ4v) is 3.55. The van der Waals surface area contributed by atoms with Crippen molar-refractivity contribution in [2.24, 2.45) is 13.0 Å². The van der Waals surface area contributed by atoms with Gasteiger partial charge in [0.15, 0.2) is 0 Å². The Bertz CT molecular complexity index is 1280. The molecule has 30 heavy (non-hydrogen) atoms. The zero-order valence-corrected chi connectivity index (χ0v) is 16.9. The third-order valence-electron chi connectivity index (χ3n) is 5.18. The summed E-state index contributed by atoms with van der Waals surface area (Å²) in [6.45, 7) is 1.50. The van der Waals surface area contributed by atoms with Crippen LogP contribution in [0.2, 0.25) is 0 Å². The van der Waals surface area contributed by atoms with Crippen LogP contribution in [0.5, 0.6) is 0 Å². The Labute approximate surface area is 173 Å². The molecular formula is C23H22N6O. The summed E-state index contributed by atoms with van der Waals surface area (Å²) in [7, 11) is 1.91. The van der Waals surface area contributed by atoms with E-state index in [1.807, 2.05) is 43.7 Å². The fraction of sp³-hybridized carbons (Fsp3) is 0.217. The molecule has 2 N–H and O–H groups in total. The maximum atomic E-state index is 11.4. The lowest BCUT2D eigenvalue weighted by atomic mass is 10.0. The topological polar surface area (TPSA) is 88.5 Å². The average molecular weight is 398 g/mol. The lowest BCUT2D eigenvalue weighted by molar-refractivity contribution is -0.114. The number of aromatic amines is 1. The van der Waals surface area contributed by atoms with E-state index in [-0.39, 0.29) is 5.91 Å². The van der Waals surface area contributed by atoms with Crippen LogP contribution in [0.3, 0.4) is 0 Å². The summed E-state index contributed by atoms with van der Waals surface area (Å²) in [4.78, 5) is 16.4. The van der Waals surface area contributed by atoms with Gasteiger partial charge in [0, 0.05) is 42.5 Å². The standard InChI is InChI=1S/C23H22N6O/c1-14(30)25-18-5-3-4-16(10-18)22-23-21(27-28-22)11-19(17-12-24-29(2)13-17)20(26-23)9-8-15-6-7-15/h3-5,8-13,15H,6-7H2,1-2H3,(H,25,30)(H,27,28)/b9-8+. The van der Waals surface area contributed by atoms with Crippen molar-refractivity contribution in [2.45, 2.75) is 19.8 Å². The van der Waals surface area contributed by atoms with Crippen molar-refractivity contribution in [2.75, 3.05) is 5.32 Å². The molecule has 1 fully saturated rings. The molecule has 3 heterocycles. The molecule has 3 aromatic heterocycles. The van der Waals surface area contributed by atoms with Crippen LogP contribution < -0.4 is 5.32 Å². The molecule has 4 aromatic rings. The number of nitrogens with zero attached hydrogens (tertiary/aromatic N) is 4. The van der Waals surface area contributed by atoms with Gasteiger partial charge in [-0.1, -0.05) is 18.2 Å². The van der Waals surface area contributed by atoms with Gasteiger partial charge >= 0.3 is 0 Å². The Kier molecular flexibility index (Phi) is 4.43. The van der Waals surface area contributed by atoms with E-state index < -0.39 is 0 Å². The average Bonchev–Trinajstić information content (AvgIpc) is 3.30. The third-order valence-corrected chi connectivity index (χ3v) is 5.18. The van der Waals surface area contributed by atoms with E-state index in [1.54, 1.807) is 4.68 Å². The summed E-state index contributed by atoms with van der Waals surface area (Å²) in [6.07, 6.45) is 10.7. The van der Waals surface area contributed by atoms with Gasteiger partial charge in [0.2, 0.25) is 5.91 Å². The van der Waals surface area contributed by atoms with Gasteiger partial charge in [0.25, 0.3) is 0 Å². The van der Waals surface area contributed by atoms with Crippen molar-refractivity contribution in [3.63, 3.8) is 0 Å². The second-order valence-corrected chi connectivity index (χ2v) is 7.75. The van der Waals surface area contributed by atoms with Crippen LogP contribution in [0.1, 0.15) is 25.5 Å². The van der Waals surface area contributed by atoms with E-state index in [1.165, 1.54) is 19.8 Å². The van der Waals surface area contributed by atoms with Gasteiger partial charge in [0.05, 0.1) is 17.4 Å². The summed E-state index contributed by atoms with van der Waals surface area (Å²) in [5.41, 5.74) is 7.00. The number of hydrogen-bond donors (Lipinski definition) is 2. The molecule has 5 rings (SSSR count). The molecule has 0 aliphatic heterocycles. The molecule has 150 valence electrons. The van der Waals surface area contributed by atoms with Crippen molar-refractivity contribution < 1.29 is 4.79 Å². The number of allylic oxidation sites excluding steroid dienone is 1. The van der Waals surface area contributed by atoms with Gasteiger partial charge in [-0.2, -0.15) is 10.2 Å². The number of benzene rings is 1. The molecule has 0 unspecified atom stereocenters. The maximum Gasteiger partial charge on any atom is 0.221 e. The van der Waals surface area contributed by atoms with Gasteiger partial charge in [-0.25, -0.2) is 4.98 Å². The van der Waals surface area contributed by atoms with Crippen LogP contribution in [-0.2, 0) is 11.8 Å². The summed E-state index contributed by atoms with van der Waals surface area (Å²) in [5, 5.41) is 14.8. The minimum absolute atomic E-state index is 0.106. The summed E-state index contributed by atoms with van der Waals surface area (Å²) in [6, 6.07) is 9.72. The second kappa shape index (κ2) is 7.26. The fourth-order valence-electron chi connectivity index (χ4n) is 3.55. The first-order valence-corrected chi connectivity index (χ1v) is 10.0. The summed E-state index contributed by atoms with van der Waals surface area (Å²) < 4.78 is 1.79. The van der Waals surface area contributed by atoms with E-state index in [9.17, 15) is 4.79 Å². The van der Waals surface area contributed by atoms with Crippen molar-refractivity contribution in [3.8, 4) is 22.4 Å². The third kappa shape index (κ3) is 3.61. The second-order valence-electron chi connectivity index (χ2n) is 7.75. The molecule has 1 aliphatic carbocycles. The quantitative estimate of drug-likeness (QED) is 0.521. The monoisotopic (exact) mass is 398 g/mol. The molecular weight excluding hydrogens is 376 g/mol. The van der Waals surface area contributed by atoms with Gasteiger partial charge in [-0.15, -0.1) is 0 Å². The van der Waals surface area contributed by atoms with Crippen LogP contribution >= 0.6 is 0 Å². The predicted octanol–water partition coefficient (Wildman–Crippen LogP) is 4.41. The lowest BCUT2D eigenvalue weighted by Crippen LogP contribution is -2.05. The number of fused-ring (bicyclic) bond motifs is 1. The highest BCUT2D eigenvalue weighted by atomic mass is 16.1. The molecule has 0 saturated heterocycles. The largest absolute Gasteiger partial charge is 0.326 e. The number of aromatic nitrogens is 5. The SMILES string of the molecule is CC(=O)Nc1cccc(-c2n[nH]c3cc(-c4cnn(C)c4)c(/C=C/C4CC4)nc23)c1. The Morgan fingerprint density at radius 2 is 2.13 bits per heavy atom. The molecule has 1 saturated carbocycles. The number of rotatable bonds is 5. The number of aryl methyl sites for hydroxylation is 1. The zero-order valence-electron chi connectivity index (χ0n) is 16.9. The highest BCUT2D eigenvalue weighted by molar-refractivity contribution is 5.95. The highest BCUT2D eigenvalue weighted by Gasteiger charge is 2.19. The molecule has 7 nitrogen and oxygen atoms in total. The molecule has 0 bridgehead atoms. The molecule has 0 spiro atoms. The molecule has 0 radical (unpaired) electrons. The number of pyridine rings is 1. The number of H-pyrrole nitrogens is 1. The molecule has 1 aromatic carbocycles. The van der Waals surface area contributed by atoms with Gasteiger partial charge in [-0.05, 0) is 43.0 Å². The predicted molar refractivity (Wildman–Crippen MR) is 118 cm³/mol. The normalized spacial score (nSPS) is 13.9. The molecule has 0 atom stereocenters. The Morgan fingerprint density at radius 3 is 2.87 bits per heavy atom. The summed E-state index contributed by atoms with van der Waals surface area (Å²) >= 11 is 0. The number of nitrogens with one attached hydrogen (secondary N) is 2. The van der Waals surface area contributed by atoms with Crippen LogP contribution in [0.4, 0.5) is 5.69 Å². The number of carbonyl (C=O) groups is 1. The van der Waals surface area contributed by atoms with E-state index in [0.29, 0.717) is 5.92 Å². The minimum atomic E-state index is -0.106. The summed E-state index contributed by atoms with van der Waals surface area (Å²) in [5.74, 6) is 0.549. The van der Waals surface area contributed by atoms with Crippen LogP contribution in [0, 0.1) is 5.92 Å². The minimum Gasteiger partial charge on any atom is -0.326 e. The van der Waals surface area contributed by atoms with E-state index in [4.69, 9.17) is 4.98 Å². The number of carbonyl (C=O) groups excluding carboxylic acids is 1. The van der Waals surface area contributed by atoms with Crippen LogP contribution in [-0.4, -0.2) is 30.9 Å². The van der Waals surface area contributed by atoms with Crippen molar-refractivity contribution in [1.29, 1.82) is 0 Å². The van der Waals surface area contributed by atoms with Crippen molar-refractivity contribution >= 4 is 28.7 Å². The molecule has 1 aliphatic rings. The van der Waals surface area contributed by atoms with E-state index >= 15 is 0 Å². The first-order chi connectivity index (χ1) is 14.6. The maximum absolute atomic E-state index is 11.4. The van der Waals surface area contributed by atoms with Gasteiger partial charge in [0.1, 0.15) is 11.2 Å². The first-order valence-electron chi connectivity index (χ1n) is 10.0. The Hall–Kier alpha value is -3.74. The first kappa shape index (κ1) is 18.3. The van der Waals surface area contributed by atoms with Crippen LogP contribution in [0.15, 0.2) is 48.8 Å². The number of hydrogen-bond acceptors (Lipinski definition) is 4. The van der Waals surface area contributed by atoms with Crippen molar-refractivity contribution in [3.05, 3.63) is 54.5 Å². The Balaban J connectivity index is 1.63. The van der Waals surface area contributed by atoms with Gasteiger partial charge in [-0.3, -0.25) is 14.6 Å². The zero-order chi connectivity index (χ0) is 20.7. The Morgan fingerprint density at radius 1 is 1.27 bits per heavy atom. The molecule has 7 heteroatoms. The van der Waals surface area contributed by atoms with E-state index in [2.05, 4.69) is 38.8 Å². The number of anilines is 1. The number of amides is 1. The smallest absolute Gasteiger partial charge is 0.221 e. The molecule has 1 amide bonds. The van der Waals surface area contributed by atoms with Crippen molar-refractivity contribution in [1.82, 2.24) is 25.0 Å². The highest BCUT2D eigenvalue weighted by Crippen LogP contribution is 2.34. The lowest BCUT2D eigenvalue weighted by Gasteiger charge is -2.06. The van der Waals surface area contributed by atoms with Gasteiger partial charge < -0.3 is 5.32 Å².